The molecular formula is C17H12BrFN4O3. The van der Waals surface area contributed by atoms with Gasteiger partial charge in [-0.3, -0.25) is 14.9 Å². The van der Waals surface area contributed by atoms with Crippen LogP contribution in [0.3, 0.4) is 0 Å². The largest absolute Gasteiger partial charge is 0.348 e. The molecule has 26 heavy (non-hydrogen) atoms. The number of nitro groups is 1. The Kier molecular flexibility index (Phi) is 5.08. The fourth-order valence-electron chi connectivity index (χ4n) is 2.39. The van der Waals surface area contributed by atoms with Gasteiger partial charge in [-0.15, -0.1) is 0 Å². The van der Waals surface area contributed by atoms with Crippen LogP contribution in [0.2, 0.25) is 0 Å². The van der Waals surface area contributed by atoms with E-state index in [4.69, 9.17) is 0 Å². The van der Waals surface area contributed by atoms with Gasteiger partial charge >= 0.3 is 0 Å². The van der Waals surface area contributed by atoms with Crippen molar-refractivity contribution in [2.24, 2.45) is 0 Å². The molecule has 2 aromatic carbocycles. The molecule has 0 saturated heterocycles. The van der Waals surface area contributed by atoms with Crippen molar-refractivity contribution in [2.75, 3.05) is 0 Å². The van der Waals surface area contributed by atoms with Crippen LogP contribution in [0.25, 0.3) is 5.69 Å². The van der Waals surface area contributed by atoms with Gasteiger partial charge in [0.15, 0.2) is 0 Å². The van der Waals surface area contributed by atoms with Crippen LogP contribution in [-0.2, 0) is 6.54 Å². The molecule has 3 aromatic rings. The first kappa shape index (κ1) is 17.7. The summed E-state index contributed by atoms with van der Waals surface area (Å²) in [6.07, 6.45) is 4.51. The molecule has 0 fully saturated rings. The summed E-state index contributed by atoms with van der Waals surface area (Å²) in [6.45, 7) is 0.0776. The second-order valence-electron chi connectivity index (χ2n) is 5.35. The van der Waals surface area contributed by atoms with Crippen molar-refractivity contribution < 1.29 is 14.1 Å². The van der Waals surface area contributed by atoms with E-state index in [0.29, 0.717) is 15.7 Å². The fourth-order valence-corrected chi connectivity index (χ4v) is 2.77. The molecule has 9 heteroatoms. The number of nitrogens with zero attached hydrogens (tertiary/aromatic N) is 3. The minimum absolute atomic E-state index is 0.0776. The molecule has 0 unspecified atom stereocenters. The van der Waals surface area contributed by atoms with Gasteiger partial charge in [-0.2, -0.15) is 0 Å². The number of rotatable bonds is 5. The van der Waals surface area contributed by atoms with E-state index in [-0.39, 0.29) is 17.8 Å². The Balaban J connectivity index is 1.82. The molecule has 0 aliphatic heterocycles. The molecule has 0 atom stereocenters. The molecule has 0 spiro atoms. The van der Waals surface area contributed by atoms with Crippen LogP contribution in [-0.4, -0.2) is 20.4 Å². The highest BCUT2D eigenvalue weighted by Gasteiger charge is 2.18. The molecule has 0 radical (unpaired) electrons. The number of carbonyl (C=O) groups is 1. The van der Waals surface area contributed by atoms with Crippen molar-refractivity contribution in [3.05, 3.63) is 86.7 Å². The maximum Gasteiger partial charge on any atom is 0.294 e. The first-order valence-electron chi connectivity index (χ1n) is 7.44. The quantitative estimate of drug-likeness (QED) is 0.506. The van der Waals surface area contributed by atoms with E-state index < -0.39 is 16.6 Å². The maximum atomic E-state index is 13.3. The lowest BCUT2D eigenvalue weighted by molar-refractivity contribution is -0.384. The van der Waals surface area contributed by atoms with Crippen molar-refractivity contribution in [3.8, 4) is 5.69 Å². The SMILES string of the molecule is O=C(NCc1cc(F)ccc1Br)c1ccc(-n2ccnc2)c([N+](=O)[O-])c1. The number of nitro benzene ring substituents is 1. The predicted molar refractivity (Wildman–Crippen MR) is 95.5 cm³/mol. The minimum Gasteiger partial charge on any atom is -0.348 e. The Morgan fingerprint density at radius 3 is 2.81 bits per heavy atom. The van der Waals surface area contributed by atoms with Crippen molar-refractivity contribution >= 4 is 27.5 Å². The lowest BCUT2D eigenvalue weighted by Crippen LogP contribution is -2.23. The van der Waals surface area contributed by atoms with E-state index in [0.717, 1.165) is 0 Å². The molecule has 0 bridgehead atoms. The Bertz CT molecular complexity index is 976. The van der Waals surface area contributed by atoms with Gasteiger partial charge in [-0.25, -0.2) is 9.37 Å². The van der Waals surface area contributed by atoms with Crippen LogP contribution in [0.15, 0.2) is 59.6 Å². The molecule has 0 saturated carbocycles. The fraction of sp³-hybridized carbons (Fsp3) is 0.0588. The number of amides is 1. The van der Waals surface area contributed by atoms with Gasteiger partial charge in [0.1, 0.15) is 11.5 Å². The molecule has 1 aromatic heterocycles. The van der Waals surface area contributed by atoms with Crippen LogP contribution in [0, 0.1) is 15.9 Å². The monoisotopic (exact) mass is 418 g/mol. The summed E-state index contributed by atoms with van der Waals surface area (Å²) in [7, 11) is 0. The molecule has 1 heterocycles. The zero-order valence-corrected chi connectivity index (χ0v) is 14.8. The van der Waals surface area contributed by atoms with E-state index in [1.165, 1.54) is 47.4 Å². The Morgan fingerprint density at radius 2 is 2.12 bits per heavy atom. The average Bonchev–Trinajstić information content (AvgIpc) is 3.16. The van der Waals surface area contributed by atoms with Gasteiger partial charge in [0.25, 0.3) is 11.6 Å². The highest BCUT2D eigenvalue weighted by molar-refractivity contribution is 9.10. The smallest absolute Gasteiger partial charge is 0.294 e. The molecule has 0 aliphatic rings. The first-order valence-corrected chi connectivity index (χ1v) is 8.24. The zero-order valence-electron chi connectivity index (χ0n) is 13.2. The number of hydrogen-bond acceptors (Lipinski definition) is 4. The lowest BCUT2D eigenvalue weighted by Gasteiger charge is -2.09. The van der Waals surface area contributed by atoms with Gasteiger partial charge in [0.2, 0.25) is 0 Å². The summed E-state index contributed by atoms with van der Waals surface area (Å²) < 4.78 is 15.4. The summed E-state index contributed by atoms with van der Waals surface area (Å²) in [4.78, 5) is 27.0. The Morgan fingerprint density at radius 1 is 1.31 bits per heavy atom. The first-order chi connectivity index (χ1) is 12.5. The van der Waals surface area contributed by atoms with Crippen molar-refractivity contribution in [3.63, 3.8) is 0 Å². The molecule has 0 aliphatic carbocycles. The summed E-state index contributed by atoms with van der Waals surface area (Å²) in [5.74, 6) is -0.917. The number of benzene rings is 2. The Labute approximate surface area is 155 Å². The molecule has 1 N–H and O–H groups in total. The van der Waals surface area contributed by atoms with Crippen LogP contribution >= 0.6 is 15.9 Å². The molecule has 3 rings (SSSR count). The number of imidazole rings is 1. The van der Waals surface area contributed by atoms with Gasteiger partial charge in [-0.1, -0.05) is 15.9 Å². The zero-order chi connectivity index (χ0) is 18.7. The van der Waals surface area contributed by atoms with E-state index in [9.17, 15) is 19.3 Å². The third-order valence-corrected chi connectivity index (χ3v) is 4.44. The molecule has 132 valence electrons. The predicted octanol–water partition coefficient (Wildman–Crippen LogP) is 3.61. The normalized spacial score (nSPS) is 10.5. The van der Waals surface area contributed by atoms with Crippen molar-refractivity contribution in [1.29, 1.82) is 0 Å². The summed E-state index contributed by atoms with van der Waals surface area (Å²) >= 11 is 3.28. The number of aromatic nitrogens is 2. The van der Waals surface area contributed by atoms with Crippen molar-refractivity contribution in [2.45, 2.75) is 6.54 Å². The lowest BCUT2D eigenvalue weighted by atomic mass is 10.1. The number of carbonyl (C=O) groups excluding carboxylic acids is 1. The highest BCUT2D eigenvalue weighted by atomic mass is 79.9. The average molecular weight is 419 g/mol. The minimum atomic E-state index is -0.560. The Hall–Kier alpha value is -3.07. The van der Waals surface area contributed by atoms with E-state index >= 15 is 0 Å². The summed E-state index contributed by atoms with van der Waals surface area (Å²) in [5.41, 5.74) is 0.774. The van der Waals surface area contributed by atoms with Crippen molar-refractivity contribution in [1.82, 2.24) is 14.9 Å². The topological polar surface area (TPSA) is 90.1 Å². The molecule has 7 nitrogen and oxygen atoms in total. The van der Waals surface area contributed by atoms with Gasteiger partial charge in [0, 0.05) is 35.0 Å². The van der Waals surface area contributed by atoms with E-state index in [1.807, 2.05) is 0 Å². The molecule has 1 amide bonds. The van der Waals surface area contributed by atoms with E-state index in [2.05, 4.69) is 26.2 Å². The summed E-state index contributed by atoms with van der Waals surface area (Å²) in [6, 6.07) is 8.31. The second kappa shape index (κ2) is 7.44. The van der Waals surface area contributed by atoms with Gasteiger partial charge in [0.05, 0.1) is 11.3 Å². The van der Waals surface area contributed by atoms with E-state index in [1.54, 1.807) is 12.3 Å². The number of halogens is 2. The van der Waals surface area contributed by atoms with Gasteiger partial charge in [-0.05, 0) is 35.9 Å². The third-order valence-electron chi connectivity index (χ3n) is 3.66. The number of hydrogen-bond donors (Lipinski definition) is 1. The molecular weight excluding hydrogens is 407 g/mol. The highest BCUT2D eigenvalue weighted by Crippen LogP contribution is 2.24. The van der Waals surface area contributed by atoms with Crippen LogP contribution in [0.1, 0.15) is 15.9 Å². The van der Waals surface area contributed by atoms with Crippen LogP contribution in [0.4, 0.5) is 10.1 Å². The maximum absolute atomic E-state index is 13.3. The van der Waals surface area contributed by atoms with Crippen LogP contribution in [0.5, 0.6) is 0 Å². The second-order valence-corrected chi connectivity index (χ2v) is 6.20. The van der Waals surface area contributed by atoms with Crippen LogP contribution < -0.4 is 5.32 Å². The third kappa shape index (κ3) is 3.77. The van der Waals surface area contributed by atoms with Gasteiger partial charge < -0.3 is 9.88 Å². The standard InChI is InChI=1S/C17H12BrFN4O3/c18-14-3-2-13(19)7-12(14)9-21-17(24)11-1-4-15(16(8-11)23(25)26)22-6-5-20-10-22/h1-8,10H,9H2,(H,21,24). The summed E-state index contributed by atoms with van der Waals surface area (Å²) in [5, 5.41) is 14.0. The number of nitrogens with one attached hydrogen (secondary N) is 1.